The van der Waals surface area contributed by atoms with Crippen molar-refractivity contribution < 1.29 is 53.5 Å². The fourth-order valence-corrected chi connectivity index (χ4v) is 4.97. The number of fused-ring (bicyclic) bond motifs is 2. The maximum Gasteiger partial charge on any atom is 0.422 e. The summed E-state index contributed by atoms with van der Waals surface area (Å²) < 4.78 is 138. The largest absolute Gasteiger partial charge is 0.422 e. The van der Waals surface area contributed by atoms with Gasteiger partial charge in [0.2, 0.25) is 17.4 Å². The van der Waals surface area contributed by atoms with E-state index >= 15 is 0 Å². The van der Waals surface area contributed by atoms with Crippen molar-refractivity contribution in [3.05, 3.63) is 70.8 Å². The van der Waals surface area contributed by atoms with Crippen LogP contribution >= 0.6 is 0 Å². The van der Waals surface area contributed by atoms with Crippen LogP contribution in [0.25, 0.3) is 0 Å². The van der Waals surface area contributed by atoms with Crippen molar-refractivity contribution in [3.8, 4) is 11.8 Å². The van der Waals surface area contributed by atoms with Crippen LogP contribution in [0.15, 0.2) is 36.4 Å². The molecule has 2 aromatic carbocycles. The molecule has 0 bridgehead atoms. The van der Waals surface area contributed by atoms with Crippen LogP contribution in [0.2, 0.25) is 0 Å². The molecule has 47 heavy (non-hydrogen) atoms. The zero-order valence-corrected chi connectivity index (χ0v) is 23.5. The summed E-state index contributed by atoms with van der Waals surface area (Å²) in [7, 11) is 0. The number of anilines is 2. The summed E-state index contributed by atoms with van der Waals surface area (Å²) in [5.74, 6) is -3.44. The number of halogens is 10. The van der Waals surface area contributed by atoms with E-state index in [2.05, 4.69) is 21.9 Å². The summed E-state index contributed by atoms with van der Waals surface area (Å²) in [5, 5.41) is 8.36. The normalized spacial score (nSPS) is 24.1. The molecule has 4 N–H and O–H groups in total. The second kappa shape index (κ2) is 12.8. The van der Waals surface area contributed by atoms with E-state index in [1.165, 1.54) is 6.08 Å². The minimum Gasteiger partial charge on any atom is -0.325 e. The SMILES string of the molecule is C.O=C1CNC(/C=C\C2CC2)(C(F)(F)F)c2c(ccc(F)c2F)N1.O=C1CNC(C#CC2CC2)(C(F)(F)F)c2c(ccc(F)c2F)N1. The number of alkyl halides is 6. The third-order valence-corrected chi connectivity index (χ3v) is 7.70. The number of carbonyl (C=O) groups excluding carboxylic acids is 2. The molecule has 2 aliphatic carbocycles. The molecule has 0 aromatic heterocycles. The van der Waals surface area contributed by atoms with Gasteiger partial charge in [-0.2, -0.15) is 26.3 Å². The van der Waals surface area contributed by atoms with Crippen LogP contribution in [0.5, 0.6) is 0 Å². The summed E-state index contributed by atoms with van der Waals surface area (Å²) in [6.07, 6.45) is -5.05. The average Bonchev–Trinajstić information content (AvgIpc) is 3.87. The highest BCUT2D eigenvalue weighted by molar-refractivity contribution is 5.95. The first-order valence-corrected chi connectivity index (χ1v) is 13.9. The van der Waals surface area contributed by atoms with Crippen LogP contribution < -0.4 is 21.3 Å². The van der Waals surface area contributed by atoms with Crippen LogP contribution in [-0.4, -0.2) is 37.3 Å². The highest BCUT2D eigenvalue weighted by Crippen LogP contribution is 2.47. The van der Waals surface area contributed by atoms with Gasteiger partial charge in [-0.3, -0.25) is 20.2 Å². The third-order valence-electron chi connectivity index (χ3n) is 7.70. The fraction of sp³-hybridized carbons (Fsp3) is 0.419. The molecule has 0 radical (unpaired) electrons. The summed E-state index contributed by atoms with van der Waals surface area (Å²) in [6.45, 7) is -1.40. The van der Waals surface area contributed by atoms with Crippen LogP contribution in [0.1, 0.15) is 44.2 Å². The molecular weight excluding hydrogens is 650 g/mol. The second-order valence-corrected chi connectivity index (χ2v) is 11.2. The number of rotatable bonds is 2. The van der Waals surface area contributed by atoms with Gasteiger partial charge in [-0.25, -0.2) is 17.6 Å². The van der Waals surface area contributed by atoms with E-state index in [0.717, 1.165) is 31.1 Å². The van der Waals surface area contributed by atoms with Crippen LogP contribution in [0.4, 0.5) is 55.3 Å². The topological polar surface area (TPSA) is 82.3 Å². The van der Waals surface area contributed by atoms with E-state index < -0.39 is 94.1 Å². The summed E-state index contributed by atoms with van der Waals surface area (Å²) >= 11 is 0. The molecule has 6 rings (SSSR count). The zero-order chi connectivity index (χ0) is 33.7. The van der Waals surface area contributed by atoms with E-state index in [1.807, 2.05) is 11.2 Å². The number of nitrogens with one attached hydrogen (secondary N) is 4. The first-order valence-electron chi connectivity index (χ1n) is 13.9. The van der Waals surface area contributed by atoms with Gasteiger partial charge in [0, 0.05) is 17.2 Å². The van der Waals surface area contributed by atoms with Gasteiger partial charge >= 0.3 is 12.4 Å². The molecule has 2 atom stereocenters. The number of hydrogen-bond acceptors (Lipinski definition) is 4. The van der Waals surface area contributed by atoms with Gasteiger partial charge in [-0.15, -0.1) is 0 Å². The van der Waals surface area contributed by atoms with Gasteiger partial charge in [0.15, 0.2) is 28.8 Å². The maximum absolute atomic E-state index is 14.3. The Hall–Kier alpha value is -4.10. The van der Waals surface area contributed by atoms with Crippen molar-refractivity contribution in [1.29, 1.82) is 0 Å². The number of benzene rings is 2. The first-order chi connectivity index (χ1) is 21.5. The second-order valence-electron chi connectivity index (χ2n) is 11.2. The number of amides is 2. The Balaban J connectivity index is 0.000000208. The molecule has 4 aliphatic rings. The molecule has 6 nitrogen and oxygen atoms in total. The molecule has 2 aromatic rings. The van der Waals surface area contributed by atoms with Crippen LogP contribution in [0, 0.1) is 46.9 Å². The minimum atomic E-state index is -5.05. The van der Waals surface area contributed by atoms with E-state index in [-0.39, 0.29) is 19.3 Å². The van der Waals surface area contributed by atoms with Crippen LogP contribution in [0.3, 0.4) is 0 Å². The molecule has 16 heteroatoms. The standard InChI is InChI=1S/C15H13F5N2O.C15H11F5N2O.CH4/c2*16-9-3-4-10-12(13(9)17)14(15(18,19)20,6-5-8-1-2-8)21-7-11(23)22-10;/h3-6,8,21H,1-2,7H2,(H,22,23);3-4,8,21H,1-2,7H2,(H,22,23);1H4/b6-5-;;. The average molecular weight is 679 g/mol. The molecule has 2 aliphatic heterocycles. The van der Waals surface area contributed by atoms with E-state index in [9.17, 15) is 53.5 Å². The highest BCUT2D eigenvalue weighted by Gasteiger charge is 2.60. The van der Waals surface area contributed by atoms with Crippen molar-refractivity contribution in [2.45, 2.75) is 56.5 Å². The maximum atomic E-state index is 14.3. The first kappa shape index (κ1) is 35.7. The number of hydrogen-bond donors (Lipinski definition) is 4. The number of carbonyl (C=O) groups is 2. The van der Waals surface area contributed by atoms with Crippen LogP contribution in [-0.2, 0) is 20.7 Å². The predicted octanol–water partition coefficient (Wildman–Crippen LogP) is 6.54. The van der Waals surface area contributed by atoms with Crippen molar-refractivity contribution in [1.82, 2.24) is 10.6 Å². The third kappa shape index (κ3) is 6.96. The van der Waals surface area contributed by atoms with E-state index in [0.29, 0.717) is 25.0 Å². The molecule has 0 saturated heterocycles. The van der Waals surface area contributed by atoms with Crippen molar-refractivity contribution in [2.24, 2.45) is 11.8 Å². The Morgan fingerprint density at radius 1 is 0.723 bits per heavy atom. The molecule has 254 valence electrons. The molecule has 2 heterocycles. The van der Waals surface area contributed by atoms with Gasteiger partial charge < -0.3 is 10.6 Å². The fourth-order valence-electron chi connectivity index (χ4n) is 4.97. The zero-order valence-electron chi connectivity index (χ0n) is 23.5. The monoisotopic (exact) mass is 678 g/mol. The Labute approximate surface area is 262 Å². The number of allylic oxidation sites excluding steroid dienone is 1. The quantitative estimate of drug-likeness (QED) is 0.165. The minimum absolute atomic E-state index is 0. The van der Waals surface area contributed by atoms with E-state index in [1.54, 1.807) is 0 Å². The molecule has 2 saturated carbocycles. The lowest BCUT2D eigenvalue weighted by atomic mass is 9.86. The lowest BCUT2D eigenvalue weighted by Crippen LogP contribution is -2.54. The van der Waals surface area contributed by atoms with Gasteiger partial charge in [0.1, 0.15) is 0 Å². The molecule has 2 amide bonds. The Morgan fingerprint density at radius 3 is 1.72 bits per heavy atom. The summed E-state index contributed by atoms with van der Waals surface area (Å²) in [5.41, 5.74) is -8.93. The van der Waals surface area contributed by atoms with Crippen molar-refractivity contribution in [3.63, 3.8) is 0 Å². The van der Waals surface area contributed by atoms with Gasteiger partial charge in [0.25, 0.3) is 0 Å². The van der Waals surface area contributed by atoms with E-state index in [4.69, 9.17) is 0 Å². The van der Waals surface area contributed by atoms with Gasteiger partial charge in [-0.05, 0) is 55.9 Å². The molecule has 0 spiro atoms. The van der Waals surface area contributed by atoms with Crippen molar-refractivity contribution >= 4 is 23.2 Å². The molecule has 2 fully saturated rings. The molecular formula is C31H28F10N4O2. The summed E-state index contributed by atoms with van der Waals surface area (Å²) in [4.78, 5) is 23.2. The lowest BCUT2D eigenvalue weighted by molar-refractivity contribution is -0.185. The van der Waals surface area contributed by atoms with Gasteiger partial charge in [0.05, 0.1) is 24.3 Å². The Morgan fingerprint density at radius 2 is 1.23 bits per heavy atom. The van der Waals surface area contributed by atoms with Crippen molar-refractivity contribution in [2.75, 3.05) is 23.7 Å². The smallest absolute Gasteiger partial charge is 0.325 e. The predicted molar refractivity (Wildman–Crippen MR) is 151 cm³/mol. The lowest BCUT2D eigenvalue weighted by Gasteiger charge is -2.34. The van der Waals surface area contributed by atoms with Gasteiger partial charge in [-0.1, -0.05) is 31.4 Å². The molecule has 2 unspecified atom stereocenters. The Bertz CT molecular complexity index is 1650. The Kier molecular flexibility index (Phi) is 9.76. The highest BCUT2D eigenvalue weighted by atomic mass is 19.4. The summed E-state index contributed by atoms with van der Waals surface area (Å²) in [6, 6.07) is 3.18.